The molecule has 11 heavy (non-hydrogen) atoms. The molecule has 0 radical (unpaired) electrons. The predicted octanol–water partition coefficient (Wildman–Crippen LogP) is 3.32. The lowest BCUT2D eigenvalue weighted by Crippen LogP contribution is -1.93. The van der Waals surface area contributed by atoms with Crippen LogP contribution < -0.4 is 0 Å². The van der Waals surface area contributed by atoms with E-state index >= 15 is 0 Å². The zero-order valence-corrected chi connectivity index (χ0v) is 7.69. The molecule has 0 unspecified atom stereocenters. The molecule has 1 heterocycles. The second-order valence-corrected chi connectivity index (χ2v) is 4.09. The van der Waals surface area contributed by atoms with Gasteiger partial charge in [0.15, 0.2) is 5.97 Å². The summed E-state index contributed by atoms with van der Waals surface area (Å²) in [6.45, 7) is 8.75. The normalized spacial score (nSPS) is 15.5. The van der Waals surface area contributed by atoms with E-state index in [1.165, 1.54) is 6.20 Å². The van der Waals surface area contributed by atoms with Gasteiger partial charge in [-0.2, -0.15) is 4.39 Å². The van der Waals surface area contributed by atoms with E-state index in [0.29, 0.717) is 11.8 Å². The molecule has 0 N–H and O–H groups in total. The van der Waals surface area contributed by atoms with Crippen LogP contribution in [0.15, 0.2) is 17.3 Å². The molecule has 0 amide bonds. The molecule has 1 rings (SSSR count). The van der Waals surface area contributed by atoms with Crippen molar-refractivity contribution in [2.45, 2.75) is 34.1 Å². The van der Waals surface area contributed by atoms with E-state index in [1.807, 2.05) is 0 Å². The molecule has 0 aromatic rings. The number of halogens is 1. The monoisotopic (exact) mass is 157 g/mol. The Kier molecular flexibility index (Phi) is 4.01. The van der Waals surface area contributed by atoms with Crippen molar-refractivity contribution >= 4 is 5.97 Å². The molecule has 1 aliphatic rings. The van der Waals surface area contributed by atoms with Crippen molar-refractivity contribution in [2.75, 3.05) is 0 Å². The predicted molar refractivity (Wildman–Crippen MR) is 47.4 cm³/mol. The summed E-state index contributed by atoms with van der Waals surface area (Å²) in [5.41, 5.74) is 0.500. The lowest BCUT2D eigenvalue weighted by Gasteiger charge is -2.05. The number of hydrogen-bond donors (Lipinski definition) is 0. The van der Waals surface area contributed by atoms with Crippen molar-refractivity contribution in [3.8, 4) is 0 Å². The highest BCUT2D eigenvalue weighted by Crippen LogP contribution is 2.08. The topological polar surface area (TPSA) is 12.4 Å². The fourth-order valence-corrected chi connectivity index (χ4v) is 0.336. The summed E-state index contributed by atoms with van der Waals surface area (Å²) in [7, 11) is 0. The lowest BCUT2D eigenvalue weighted by molar-refractivity contribution is 0.469. The van der Waals surface area contributed by atoms with Crippen LogP contribution in [0.4, 0.5) is 4.39 Å². The van der Waals surface area contributed by atoms with Crippen LogP contribution in [0.1, 0.15) is 34.1 Å². The van der Waals surface area contributed by atoms with Crippen LogP contribution >= 0.6 is 0 Å². The van der Waals surface area contributed by atoms with Crippen molar-refractivity contribution in [3.63, 3.8) is 0 Å². The summed E-state index contributed by atoms with van der Waals surface area (Å²) in [5.74, 6) is -0.282. The van der Waals surface area contributed by atoms with E-state index in [1.54, 1.807) is 6.08 Å². The maximum Gasteiger partial charge on any atom is 0.192 e. The van der Waals surface area contributed by atoms with Gasteiger partial charge in [-0.15, -0.1) is 0 Å². The number of nitrogens with zero attached hydrogens (tertiary/aromatic N) is 1. The first-order valence-electron chi connectivity index (χ1n) is 3.77. The number of aliphatic imine (C=N–C) groups is 1. The van der Waals surface area contributed by atoms with Crippen molar-refractivity contribution in [1.29, 1.82) is 0 Å². The standard InChI is InChI=1S/C5H12.C4H4FN/c1-5(2,3)4;5-4-2-1-3-6-4/h1-4H3;1,3H,2H2. The summed E-state index contributed by atoms with van der Waals surface area (Å²) in [5, 5.41) is 0. The molecule has 0 bridgehead atoms. The molecule has 0 aliphatic carbocycles. The highest BCUT2D eigenvalue weighted by atomic mass is 19.1. The summed E-state index contributed by atoms with van der Waals surface area (Å²) in [6, 6.07) is 0. The van der Waals surface area contributed by atoms with Crippen LogP contribution in [0, 0.1) is 5.41 Å². The van der Waals surface area contributed by atoms with Gasteiger partial charge in [0.1, 0.15) is 0 Å². The maximum absolute atomic E-state index is 11.6. The van der Waals surface area contributed by atoms with Gasteiger partial charge in [-0.1, -0.05) is 33.8 Å². The van der Waals surface area contributed by atoms with Gasteiger partial charge in [-0.3, -0.25) is 0 Å². The Morgan fingerprint density at radius 2 is 1.82 bits per heavy atom. The molecular formula is C9H16FN. The minimum atomic E-state index is -0.282. The molecule has 0 aromatic carbocycles. The van der Waals surface area contributed by atoms with E-state index in [2.05, 4.69) is 32.7 Å². The summed E-state index contributed by atoms with van der Waals surface area (Å²) < 4.78 is 11.6. The lowest BCUT2D eigenvalue weighted by atomic mass is 10.0. The van der Waals surface area contributed by atoms with Crippen LogP contribution in [-0.4, -0.2) is 5.97 Å². The Morgan fingerprint density at radius 1 is 1.36 bits per heavy atom. The largest absolute Gasteiger partial charge is 0.232 e. The van der Waals surface area contributed by atoms with E-state index in [9.17, 15) is 4.39 Å². The molecule has 64 valence electrons. The van der Waals surface area contributed by atoms with Crippen LogP contribution in [0.5, 0.6) is 0 Å². The third-order valence-corrected chi connectivity index (χ3v) is 0.606. The molecule has 2 heteroatoms. The second-order valence-electron chi connectivity index (χ2n) is 4.09. The van der Waals surface area contributed by atoms with E-state index in [-0.39, 0.29) is 5.97 Å². The van der Waals surface area contributed by atoms with Gasteiger partial charge in [0, 0.05) is 12.6 Å². The average molecular weight is 157 g/mol. The SMILES string of the molecule is CC(C)(C)C.FC1=NC=CC1. The third kappa shape index (κ3) is 12.5. The highest BCUT2D eigenvalue weighted by Gasteiger charge is 1.95. The van der Waals surface area contributed by atoms with Gasteiger partial charge in [-0.25, -0.2) is 4.99 Å². The van der Waals surface area contributed by atoms with Gasteiger partial charge in [0.25, 0.3) is 0 Å². The first-order chi connectivity index (χ1) is 4.89. The van der Waals surface area contributed by atoms with Crippen molar-refractivity contribution in [1.82, 2.24) is 0 Å². The summed E-state index contributed by atoms with van der Waals surface area (Å²) >= 11 is 0. The van der Waals surface area contributed by atoms with Crippen molar-refractivity contribution in [2.24, 2.45) is 10.4 Å². The quantitative estimate of drug-likeness (QED) is 0.511. The Hall–Kier alpha value is -0.660. The molecule has 1 aliphatic heterocycles. The molecule has 0 atom stereocenters. The van der Waals surface area contributed by atoms with Crippen LogP contribution in [-0.2, 0) is 0 Å². The number of rotatable bonds is 0. The number of hydrogen-bond acceptors (Lipinski definition) is 1. The van der Waals surface area contributed by atoms with Gasteiger partial charge in [0.05, 0.1) is 0 Å². The Bertz CT molecular complexity index is 157. The van der Waals surface area contributed by atoms with E-state index in [0.717, 1.165) is 0 Å². The third-order valence-electron chi connectivity index (χ3n) is 0.606. The second kappa shape index (κ2) is 4.27. The molecule has 0 spiro atoms. The zero-order valence-electron chi connectivity index (χ0n) is 7.69. The molecule has 0 fully saturated rings. The maximum atomic E-state index is 11.6. The first kappa shape index (κ1) is 10.3. The Balaban J connectivity index is 0.000000187. The van der Waals surface area contributed by atoms with E-state index in [4.69, 9.17) is 0 Å². The molecular weight excluding hydrogens is 141 g/mol. The minimum Gasteiger partial charge on any atom is -0.232 e. The molecule has 1 nitrogen and oxygen atoms in total. The van der Waals surface area contributed by atoms with Gasteiger partial charge >= 0.3 is 0 Å². The van der Waals surface area contributed by atoms with Crippen molar-refractivity contribution < 1.29 is 4.39 Å². The van der Waals surface area contributed by atoms with Crippen molar-refractivity contribution in [3.05, 3.63) is 12.3 Å². The van der Waals surface area contributed by atoms with Crippen LogP contribution in [0.25, 0.3) is 0 Å². The van der Waals surface area contributed by atoms with Crippen LogP contribution in [0.3, 0.4) is 0 Å². The smallest absolute Gasteiger partial charge is 0.192 e. The minimum absolute atomic E-state index is 0.282. The van der Waals surface area contributed by atoms with E-state index < -0.39 is 0 Å². The van der Waals surface area contributed by atoms with Gasteiger partial charge in [0.2, 0.25) is 0 Å². The fraction of sp³-hybridized carbons (Fsp3) is 0.667. The molecule has 0 saturated heterocycles. The molecule has 0 aromatic heterocycles. The molecule has 0 saturated carbocycles. The van der Waals surface area contributed by atoms with Gasteiger partial charge < -0.3 is 0 Å². The first-order valence-corrected chi connectivity index (χ1v) is 3.77. The number of allylic oxidation sites excluding steroid dienone is 1. The fourth-order valence-electron chi connectivity index (χ4n) is 0.336. The van der Waals surface area contributed by atoms with Crippen LogP contribution in [0.2, 0.25) is 0 Å². The Labute approximate surface area is 68.0 Å². The Morgan fingerprint density at radius 3 is 1.91 bits per heavy atom. The zero-order chi connectivity index (χ0) is 8.91. The highest BCUT2D eigenvalue weighted by molar-refractivity contribution is 5.78. The van der Waals surface area contributed by atoms with Gasteiger partial charge in [-0.05, 0) is 5.41 Å². The average Bonchev–Trinajstić information content (AvgIpc) is 2.12. The summed E-state index contributed by atoms with van der Waals surface area (Å²) in [6.07, 6.45) is 3.53. The summed E-state index contributed by atoms with van der Waals surface area (Å²) in [4.78, 5) is 3.31.